The number of hydrogen-bond donors (Lipinski definition) is 0. The minimum Gasteiger partial charge on any atom is -0.339 e. The van der Waals surface area contributed by atoms with Gasteiger partial charge >= 0.3 is 0 Å². The molecule has 1 rings (SSSR count). The molecule has 0 saturated heterocycles. The highest BCUT2D eigenvalue weighted by atomic mass is 16.2. The van der Waals surface area contributed by atoms with Gasteiger partial charge in [-0.15, -0.1) is 0 Å². The molecular formula is C12H20N2O. The van der Waals surface area contributed by atoms with Gasteiger partial charge in [-0.05, 0) is 39.5 Å². The maximum absolute atomic E-state index is 12.2. The first-order chi connectivity index (χ1) is 6.96. The van der Waals surface area contributed by atoms with Gasteiger partial charge < -0.3 is 4.90 Å². The van der Waals surface area contributed by atoms with Gasteiger partial charge in [0.1, 0.15) is 5.41 Å². The molecule has 0 spiro atoms. The van der Waals surface area contributed by atoms with Crippen molar-refractivity contribution >= 4 is 5.91 Å². The van der Waals surface area contributed by atoms with Gasteiger partial charge in [0.15, 0.2) is 0 Å². The second kappa shape index (κ2) is 4.22. The van der Waals surface area contributed by atoms with Crippen LogP contribution < -0.4 is 0 Å². The summed E-state index contributed by atoms with van der Waals surface area (Å²) in [7, 11) is 0. The zero-order chi connectivity index (χ0) is 11.6. The van der Waals surface area contributed by atoms with Crippen molar-refractivity contribution < 1.29 is 4.79 Å². The first-order valence-electron chi connectivity index (χ1n) is 5.69. The smallest absolute Gasteiger partial charge is 0.243 e. The van der Waals surface area contributed by atoms with Gasteiger partial charge in [0, 0.05) is 12.6 Å². The third-order valence-electron chi connectivity index (χ3n) is 3.24. The van der Waals surface area contributed by atoms with Gasteiger partial charge in [-0.1, -0.05) is 6.92 Å². The Bertz CT molecular complexity index is 284. The van der Waals surface area contributed by atoms with Gasteiger partial charge in [-0.2, -0.15) is 5.26 Å². The Hall–Kier alpha value is -1.04. The summed E-state index contributed by atoms with van der Waals surface area (Å²) < 4.78 is 0. The standard InChI is InChI=1S/C12H20N2O/c1-5-14(9(2)3)11(15)12(8-13)6-10(4)7-12/h9-10H,5-7H2,1-4H3. The van der Waals surface area contributed by atoms with E-state index in [2.05, 4.69) is 13.0 Å². The van der Waals surface area contributed by atoms with Crippen LogP contribution in [0.5, 0.6) is 0 Å². The summed E-state index contributed by atoms with van der Waals surface area (Å²) >= 11 is 0. The van der Waals surface area contributed by atoms with E-state index in [0.29, 0.717) is 12.5 Å². The lowest BCUT2D eigenvalue weighted by Gasteiger charge is -2.43. The molecule has 0 bridgehead atoms. The minimum absolute atomic E-state index is 0.0283. The normalized spacial score (nSPS) is 29.5. The van der Waals surface area contributed by atoms with E-state index in [1.807, 2.05) is 20.8 Å². The van der Waals surface area contributed by atoms with E-state index in [0.717, 1.165) is 12.8 Å². The Balaban J connectivity index is 2.79. The van der Waals surface area contributed by atoms with Gasteiger partial charge in [-0.25, -0.2) is 0 Å². The predicted octanol–water partition coefficient (Wildman–Crippen LogP) is 2.18. The van der Waals surface area contributed by atoms with Crippen LogP contribution in [0.4, 0.5) is 0 Å². The molecule has 1 amide bonds. The number of rotatable bonds is 3. The quantitative estimate of drug-likeness (QED) is 0.713. The summed E-state index contributed by atoms with van der Waals surface area (Å²) in [5.41, 5.74) is -0.709. The third-order valence-corrected chi connectivity index (χ3v) is 3.24. The van der Waals surface area contributed by atoms with Crippen LogP contribution >= 0.6 is 0 Å². The molecule has 0 radical (unpaired) electrons. The van der Waals surface area contributed by atoms with E-state index in [1.165, 1.54) is 0 Å². The van der Waals surface area contributed by atoms with Crippen molar-refractivity contribution in [3.05, 3.63) is 0 Å². The largest absolute Gasteiger partial charge is 0.339 e. The maximum Gasteiger partial charge on any atom is 0.243 e. The summed E-state index contributed by atoms with van der Waals surface area (Å²) in [6, 6.07) is 2.41. The topological polar surface area (TPSA) is 44.1 Å². The molecule has 0 unspecified atom stereocenters. The second-order valence-corrected chi connectivity index (χ2v) is 4.89. The molecule has 0 heterocycles. The molecule has 0 N–H and O–H groups in total. The van der Waals surface area contributed by atoms with Crippen LogP contribution in [0.15, 0.2) is 0 Å². The molecule has 0 atom stereocenters. The van der Waals surface area contributed by atoms with E-state index >= 15 is 0 Å². The molecule has 1 fully saturated rings. The van der Waals surface area contributed by atoms with Crippen molar-refractivity contribution in [2.75, 3.05) is 6.54 Å². The van der Waals surface area contributed by atoms with Crippen LogP contribution in [0.25, 0.3) is 0 Å². The number of carbonyl (C=O) groups is 1. The first kappa shape index (κ1) is 12.0. The molecule has 1 aliphatic rings. The Labute approximate surface area is 92.1 Å². The van der Waals surface area contributed by atoms with Crippen LogP contribution in [0.1, 0.15) is 40.5 Å². The molecule has 0 aromatic heterocycles. The Morgan fingerprint density at radius 3 is 2.40 bits per heavy atom. The highest BCUT2D eigenvalue weighted by Gasteiger charge is 2.50. The zero-order valence-electron chi connectivity index (χ0n) is 10.1. The van der Waals surface area contributed by atoms with Gasteiger partial charge in [0.05, 0.1) is 6.07 Å². The monoisotopic (exact) mass is 208 g/mol. The summed E-state index contributed by atoms with van der Waals surface area (Å²) in [5.74, 6) is 0.542. The zero-order valence-corrected chi connectivity index (χ0v) is 10.1. The molecule has 1 saturated carbocycles. The molecule has 0 aromatic rings. The summed E-state index contributed by atoms with van der Waals surface area (Å²) in [4.78, 5) is 14.0. The van der Waals surface area contributed by atoms with Gasteiger partial charge in [0.25, 0.3) is 0 Å². The summed E-state index contributed by atoms with van der Waals surface area (Å²) in [6.45, 7) is 8.73. The van der Waals surface area contributed by atoms with Crippen LogP contribution in [0.2, 0.25) is 0 Å². The molecule has 0 aromatic carbocycles. The van der Waals surface area contributed by atoms with Crippen molar-refractivity contribution in [3.63, 3.8) is 0 Å². The summed E-state index contributed by atoms with van der Waals surface area (Å²) in [5, 5.41) is 9.15. The number of hydrogen-bond acceptors (Lipinski definition) is 2. The Kier molecular flexibility index (Phi) is 3.38. The predicted molar refractivity (Wildman–Crippen MR) is 59.0 cm³/mol. The van der Waals surface area contributed by atoms with Crippen LogP contribution in [0, 0.1) is 22.7 Å². The van der Waals surface area contributed by atoms with Crippen molar-refractivity contribution in [2.45, 2.75) is 46.6 Å². The Morgan fingerprint density at radius 2 is 2.13 bits per heavy atom. The van der Waals surface area contributed by atoms with Crippen LogP contribution in [0.3, 0.4) is 0 Å². The van der Waals surface area contributed by atoms with E-state index in [9.17, 15) is 4.79 Å². The van der Waals surface area contributed by atoms with Gasteiger partial charge in [0.2, 0.25) is 5.91 Å². The lowest BCUT2D eigenvalue weighted by molar-refractivity contribution is -0.146. The molecule has 84 valence electrons. The van der Waals surface area contributed by atoms with Crippen LogP contribution in [-0.2, 0) is 4.79 Å². The molecule has 3 heteroatoms. The highest BCUT2D eigenvalue weighted by molar-refractivity contribution is 5.86. The number of carbonyl (C=O) groups excluding carboxylic acids is 1. The molecule has 0 aliphatic heterocycles. The molecular weight excluding hydrogens is 188 g/mol. The maximum atomic E-state index is 12.2. The lowest BCUT2D eigenvalue weighted by atomic mass is 9.62. The van der Waals surface area contributed by atoms with Crippen molar-refractivity contribution in [3.8, 4) is 6.07 Å². The molecule has 1 aliphatic carbocycles. The summed E-state index contributed by atoms with van der Waals surface area (Å²) in [6.07, 6.45) is 1.46. The molecule has 3 nitrogen and oxygen atoms in total. The van der Waals surface area contributed by atoms with Gasteiger partial charge in [-0.3, -0.25) is 4.79 Å². The van der Waals surface area contributed by atoms with Crippen LogP contribution in [-0.4, -0.2) is 23.4 Å². The van der Waals surface area contributed by atoms with Crippen molar-refractivity contribution in [1.29, 1.82) is 5.26 Å². The van der Waals surface area contributed by atoms with Crippen molar-refractivity contribution in [2.24, 2.45) is 11.3 Å². The number of nitriles is 1. The van der Waals surface area contributed by atoms with E-state index < -0.39 is 5.41 Å². The fraction of sp³-hybridized carbons (Fsp3) is 0.833. The minimum atomic E-state index is -0.709. The second-order valence-electron chi connectivity index (χ2n) is 4.89. The molecule has 15 heavy (non-hydrogen) atoms. The van der Waals surface area contributed by atoms with E-state index in [1.54, 1.807) is 4.90 Å². The third kappa shape index (κ3) is 1.99. The average Bonchev–Trinajstić information content (AvgIpc) is 2.12. The Morgan fingerprint density at radius 1 is 1.60 bits per heavy atom. The SMILES string of the molecule is CCN(C(=O)C1(C#N)CC(C)C1)C(C)C. The fourth-order valence-electron chi connectivity index (χ4n) is 2.46. The first-order valence-corrected chi connectivity index (χ1v) is 5.69. The average molecular weight is 208 g/mol. The van der Waals surface area contributed by atoms with E-state index in [-0.39, 0.29) is 11.9 Å². The number of amides is 1. The fourth-order valence-corrected chi connectivity index (χ4v) is 2.46. The van der Waals surface area contributed by atoms with Crippen molar-refractivity contribution in [1.82, 2.24) is 4.90 Å². The highest BCUT2D eigenvalue weighted by Crippen LogP contribution is 2.46. The van der Waals surface area contributed by atoms with E-state index in [4.69, 9.17) is 5.26 Å². The number of nitrogens with zero attached hydrogens (tertiary/aromatic N) is 2. The lowest BCUT2D eigenvalue weighted by Crippen LogP contribution is -2.51.